The first kappa shape index (κ1) is 21.6. The average molecular weight is 477 g/mol. The zero-order chi connectivity index (χ0) is 23.9. The molecule has 3 heterocycles. The molecule has 1 aliphatic rings. The van der Waals surface area contributed by atoms with Gasteiger partial charge in [-0.2, -0.15) is 0 Å². The van der Waals surface area contributed by atoms with Crippen molar-refractivity contribution in [1.82, 2.24) is 40.3 Å². The van der Waals surface area contributed by atoms with E-state index in [1.807, 2.05) is 24.3 Å². The summed E-state index contributed by atoms with van der Waals surface area (Å²) < 4.78 is 2.49. The van der Waals surface area contributed by atoms with Gasteiger partial charge >= 0.3 is 6.03 Å². The molecular weight excluding hydrogens is 456 g/mol. The molecule has 0 aliphatic carbocycles. The lowest BCUT2D eigenvalue weighted by atomic mass is 9.91. The maximum absolute atomic E-state index is 13.3. The van der Waals surface area contributed by atoms with Gasteiger partial charge in [-0.15, -0.1) is 16.4 Å². The molecular formula is C22H20N8O3S. The molecule has 12 heteroatoms. The predicted molar refractivity (Wildman–Crippen MR) is 123 cm³/mol. The van der Waals surface area contributed by atoms with Crippen molar-refractivity contribution in [3.8, 4) is 5.69 Å². The van der Waals surface area contributed by atoms with Crippen LogP contribution in [0.3, 0.4) is 0 Å². The molecule has 1 fully saturated rings. The highest BCUT2D eigenvalue weighted by molar-refractivity contribution is 7.18. The number of nitrogens with one attached hydrogen (secondary N) is 1. The van der Waals surface area contributed by atoms with Crippen molar-refractivity contribution >= 4 is 39.4 Å². The fourth-order valence-corrected chi connectivity index (χ4v) is 4.83. The first-order valence-electron chi connectivity index (χ1n) is 10.4. The maximum Gasteiger partial charge on any atom is 0.325 e. The standard InChI is InChI=1S/C22H20N8O3S/c1-22(14-6-5-7-15(10-14)30-13-23-26-27-30)20(32)29(21(33)25-22)12-19(31)28(2)11-18-24-16-8-3-4-9-17(16)34-18/h3-10,13H,11-12H2,1-2H3,(H,25,33). The molecule has 1 atom stereocenters. The summed E-state index contributed by atoms with van der Waals surface area (Å²) in [6, 6.07) is 14.1. The fourth-order valence-electron chi connectivity index (χ4n) is 3.81. The number of fused-ring (bicyclic) bond motifs is 1. The molecule has 0 bridgehead atoms. The van der Waals surface area contributed by atoms with Crippen LogP contribution in [0.5, 0.6) is 0 Å². The quantitative estimate of drug-likeness (QED) is 0.420. The number of urea groups is 1. The molecule has 0 saturated carbocycles. The van der Waals surface area contributed by atoms with Crippen LogP contribution >= 0.6 is 11.3 Å². The fraction of sp³-hybridized carbons (Fsp3) is 0.227. The Kier molecular flexibility index (Phi) is 5.28. The van der Waals surface area contributed by atoms with E-state index in [4.69, 9.17) is 0 Å². The molecule has 0 radical (unpaired) electrons. The van der Waals surface area contributed by atoms with Crippen molar-refractivity contribution in [3.05, 3.63) is 65.4 Å². The van der Waals surface area contributed by atoms with Gasteiger partial charge in [0.15, 0.2) is 0 Å². The molecule has 11 nitrogen and oxygen atoms in total. The molecule has 172 valence electrons. The van der Waals surface area contributed by atoms with Crippen molar-refractivity contribution in [2.75, 3.05) is 13.6 Å². The van der Waals surface area contributed by atoms with Crippen molar-refractivity contribution in [1.29, 1.82) is 0 Å². The number of hydrogen-bond donors (Lipinski definition) is 1. The first-order valence-corrected chi connectivity index (χ1v) is 11.2. The molecule has 0 spiro atoms. The normalized spacial score (nSPS) is 17.9. The molecule has 1 unspecified atom stereocenters. The van der Waals surface area contributed by atoms with Crippen molar-refractivity contribution in [2.45, 2.75) is 19.0 Å². The van der Waals surface area contributed by atoms with Gasteiger partial charge < -0.3 is 10.2 Å². The third-order valence-electron chi connectivity index (χ3n) is 5.74. The van der Waals surface area contributed by atoms with Gasteiger partial charge in [-0.05, 0) is 47.2 Å². The molecule has 2 aromatic heterocycles. The van der Waals surface area contributed by atoms with Gasteiger partial charge in [0, 0.05) is 7.05 Å². The molecule has 5 rings (SSSR count). The summed E-state index contributed by atoms with van der Waals surface area (Å²) in [5.74, 6) is -0.873. The zero-order valence-electron chi connectivity index (χ0n) is 18.4. The van der Waals surface area contributed by atoms with E-state index in [0.29, 0.717) is 11.3 Å². The Morgan fingerprint density at radius 3 is 2.76 bits per heavy atom. The Morgan fingerprint density at radius 2 is 2.00 bits per heavy atom. The largest absolute Gasteiger partial charge is 0.337 e. The monoisotopic (exact) mass is 476 g/mol. The summed E-state index contributed by atoms with van der Waals surface area (Å²) in [5, 5.41) is 14.6. The smallest absolute Gasteiger partial charge is 0.325 e. The minimum absolute atomic E-state index is 0.285. The minimum Gasteiger partial charge on any atom is -0.337 e. The van der Waals surface area contributed by atoms with Gasteiger partial charge in [0.25, 0.3) is 5.91 Å². The Labute approximate surface area is 198 Å². The molecule has 34 heavy (non-hydrogen) atoms. The predicted octanol–water partition coefficient (Wildman–Crippen LogP) is 1.70. The summed E-state index contributed by atoms with van der Waals surface area (Å²) >= 11 is 1.50. The number of aromatic nitrogens is 5. The zero-order valence-corrected chi connectivity index (χ0v) is 19.2. The van der Waals surface area contributed by atoms with Crippen LogP contribution in [-0.4, -0.2) is 66.4 Å². The number of tetrazole rings is 1. The van der Waals surface area contributed by atoms with Crippen LogP contribution in [0.15, 0.2) is 54.9 Å². The van der Waals surface area contributed by atoms with Crippen molar-refractivity contribution in [2.24, 2.45) is 0 Å². The van der Waals surface area contributed by atoms with Crippen LogP contribution in [0.1, 0.15) is 17.5 Å². The van der Waals surface area contributed by atoms with Crippen molar-refractivity contribution in [3.63, 3.8) is 0 Å². The second-order valence-corrected chi connectivity index (χ2v) is 9.19. The van der Waals surface area contributed by atoms with E-state index in [1.54, 1.807) is 38.2 Å². The number of thiazole rings is 1. The number of carbonyl (C=O) groups is 3. The first-order chi connectivity index (χ1) is 16.3. The summed E-state index contributed by atoms with van der Waals surface area (Å²) in [6.45, 7) is 1.53. The number of hydrogen-bond acceptors (Lipinski definition) is 8. The molecule has 1 aliphatic heterocycles. The van der Waals surface area contributed by atoms with E-state index in [2.05, 4.69) is 25.8 Å². The maximum atomic E-state index is 13.3. The highest BCUT2D eigenvalue weighted by Crippen LogP contribution is 2.30. The van der Waals surface area contributed by atoms with Gasteiger partial charge in [0.05, 0.1) is 22.4 Å². The summed E-state index contributed by atoms with van der Waals surface area (Å²) in [6.07, 6.45) is 1.43. The van der Waals surface area contributed by atoms with Crippen LogP contribution in [0.2, 0.25) is 0 Å². The highest BCUT2D eigenvalue weighted by Gasteiger charge is 2.49. The third-order valence-corrected chi connectivity index (χ3v) is 6.76. The van der Waals surface area contributed by atoms with E-state index >= 15 is 0 Å². The lowest BCUT2D eigenvalue weighted by Crippen LogP contribution is -2.43. The lowest BCUT2D eigenvalue weighted by Gasteiger charge is -2.23. The topological polar surface area (TPSA) is 126 Å². The summed E-state index contributed by atoms with van der Waals surface area (Å²) in [4.78, 5) is 45.8. The number of rotatable bonds is 6. The summed E-state index contributed by atoms with van der Waals surface area (Å²) in [5.41, 5.74) is 0.733. The third kappa shape index (κ3) is 3.77. The van der Waals surface area contributed by atoms with Gasteiger partial charge in [-0.3, -0.25) is 14.5 Å². The average Bonchev–Trinajstić information content (AvgIpc) is 3.55. The van der Waals surface area contributed by atoms with Crippen LogP contribution in [0, 0.1) is 0 Å². The van der Waals surface area contributed by atoms with Gasteiger partial charge in [0.2, 0.25) is 5.91 Å². The van der Waals surface area contributed by atoms with Crippen LogP contribution in [0.25, 0.3) is 15.9 Å². The number of benzene rings is 2. The van der Waals surface area contributed by atoms with Gasteiger partial charge in [0.1, 0.15) is 23.4 Å². The Morgan fingerprint density at radius 1 is 1.18 bits per heavy atom. The number of amides is 4. The van der Waals surface area contributed by atoms with E-state index in [0.717, 1.165) is 20.1 Å². The Hall–Kier alpha value is -4.19. The molecule has 1 N–H and O–H groups in total. The Bertz CT molecular complexity index is 1370. The number of carbonyl (C=O) groups excluding carboxylic acids is 3. The number of likely N-dealkylation sites (N-methyl/N-ethyl adjacent to an activating group) is 1. The molecule has 4 amide bonds. The second-order valence-electron chi connectivity index (χ2n) is 8.08. The lowest BCUT2D eigenvalue weighted by molar-refractivity contribution is -0.138. The highest BCUT2D eigenvalue weighted by atomic mass is 32.1. The minimum atomic E-state index is -1.33. The van der Waals surface area contributed by atoms with E-state index < -0.39 is 17.5 Å². The number of para-hydroxylation sites is 1. The van der Waals surface area contributed by atoms with E-state index in [9.17, 15) is 14.4 Å². The summed E-state index contributed by atoms with van der Waals surface area (Å²) in [7, 11) is 1.63. The van der Waals surface area contributed by atoms with Crippen LogP contribution in [0.4, 0.5) is 4.79 Å². The second kappa shape index (κ2) is 8.30. The molecule has 4 aromatic rings. The SMILES string of the molecule is CN(Cc1nc2ccccc2s1)C(=O)CN1C(=O)NC(C)(c2cccc(-n3cnnn3)c2)C1=O. The van der Waals surface area contributed by atoms with Crippen molar-refractivity contribution < 1.29 is 14.4 Å². The van der Waals surface area contributed by atoms with Gasteiger partial charge in [-0.25, -0.2) is 14.5 Å². The molecule has 2 aromatic carbocycles. The number of nitrogens with zero attached hydrogens (tertiary/aromatic N) is 7. The van der Waals surface area contributed by atoms with Crippen LogP contribution in [-0.2, 0) is 21.7 Å². The van der Waals surface area contributed by atoms with Crippen LogP contribution < -0.4 is 5.32 Å². The Balaban J connectivity index is 1.31. The van der Waals surface area contributed by atoms with E-state index in [-0.39, 0.29) is 19.0 Å². The number of imide groups is 1. The molecule has 1 saturated heterocycles. The van der Waals surface area contributed by atoms with Gasteiger partial charge in [-0.1, -0.05) is 24.3 Å². The van der Waals surface area contributed by atoms with E-state index in [1.165, 1.54) is 27.2 Å².